The van der Waals surface area contributed by atoms with Crippen LogP contribution in [0.25, 0.3) is 0 Å². The van der Waals surface area contributed by atoms with Crippen molar-refractivity contribution in [2.75, 3.05) is 13.1 Å². The van der Waals surface area contributed by atoms with Crippen LogP contribution in [0.5, 0.6) is 0 Å². The van der Waals surface area contributed by atoms with Gasteiger partial charge in [0.05, 0.1) is 6.54 Å². The summed E-state index contributed by atoms with van der Waals surface area (Å²) in [5, 5.41) is 16.5. The summed E-state index contributed by atoms with van der Waals surface area (Å²) >= 11 is 0. The molecule has 24 heavy (non-hydrogen) atoms. The Bertz CT molecular complexity index is 607. The number of aliphatic hydroxyl groups is 1. The lowest BCUT2D eigenvalue weighted by atomic mass is 9.79. The summed E-state index contributed by atoms with van der Waals surface area (Å²) in [6, 6.07) is 7.85. The monoisotopic (exact) mass is 332 g/mol. The van der Waals surface area contributed by atoms with Crippen molar-refractivity contribution in [3.63, 3.8) is 0 Å². The molecule has 0 saturated heterocycles. The number of nitrogens with one attached hydrogen (secondary N) is 2. The number of amides is 2. The number of benzene rings is 1. The Balaban J connectivity index is 1.83. The van der Waals surface area contributed by atoms with Gasteiger partial charge < -0.3 is 15.7 Å². The second-order valence-electron chi connectivity index (χ2n) is 7.57. The fourth-order valence-electron chi connectivity index (χ4n) is 2.97. The lowest BCUT2D eigenvalue weighted by Crippen LogP contribution is -2.44. The first-order chi connectivity index (χ1) is 11.2. The maximum absolute atomic E-state index is 12.0. The first-order valence-corrected chi connectivity index (χ1v) is 8.58. The molecule has 2 rings (SSSR count). The Kier molecular flexibility index (Phi) is 5.65. The van der Waals surface area contributed by atoms with Gasteiger partial charge in [0, 0.05) is 18.4 Å². The second-order valence-corrected chi connectivity index (χ2v) is 7.57. The molecule has 5 nitrogen and oxygen atoms in total. The first-order valence-electron chi connectivity index (χ1n) is 8.58. The Morgan fingerprint density at radius 1 is 1.21 bits per heavy atom. The molecule has 1 aliphatic carbocycles. The summed E-state index contributed by atoms with van der Waals surface area (Å²) in [4.78, 5) is 23.8. The minimum atomic E-state index is -1.00. The van der Waals surface area contributed by atoms with Crippen LogP contribution in [0.1, 0.15) is 51.2 Å². The van der Waals surface area contributed by atoms with E-state index >= 15 is 0 Å². The van der Waals surface area contributed by atoms with Gasteiger partial charge in [0.25, 0.3) is 0 Å². The highest BCUT2D eigenvalue weighted by atomic mass is 16.3. The Hall–Kier alpha value is -1.88. The van der Waals surface area contributed by atoms with E-state index in [1.165, 1.54) is 0 Å². The molecule has 0 fully saturated rings. The standard InChI is InChI=1S/C19H28N2O3/c1-18(2,3)17(23)20-12-10-16(22)21-13-19(24)11-6-8-14-7-4-5-9-15(14)19/h4-5,7,9,24H,6,8,10-13H2,1-3H3,(H,20,23)(H,21,22). The molecular formula is C19H28N2O3. The van der Waals surface area contributed by atoms with Crippen LogP contribution in [-0.2, 0) is 21.6 Å². The third-order valence-corrected chi connectivity index (χ3v) is 4.45. The molecule has 1 aromatic carbocycles. The molecule has 0 radical (unpaired) electrons. The lowest BCUT2D eigenvalue weighted by Gasteiger charge is -2.34. The van der Waals surface area contributed by atoms with Crippen LogP contribution < -0.4 is 10.6 Å². The molecular weight excluding hydrogens is 304 g/mol. The zero-order valence-electron chi connectivity index (χ0n) is 14.8. The maximum atomic E-state index is 12.0. The molecule has 0 aliphatic heterocycles. The molecule has 1 atom stereocenters. The van der Waals surface area contributed by atoms with E-state index in [0.717, 1.165) is 24.0 Å². The summed E-state index contributed by atoms with van der Waals surface area (Å²) in [5.41, 5.74) is 0.604. The summed E-state index contributed by atoms with van der Waals surface area (Å²) in [6.45, 7) is 6.00. The van der Waals surface area contributed by atoms with E-state index in [1.54, 1.807) is 0 Å². The number of hydrogen-bond acceptors (Lipinski definition) is 3. The van der Waals surface area contributed by atoms with Crippen molar-refractivity contribution < 1.29 is 14.7 Å². The van der Waals surface area contributed by atoms with Crippen molar-refractivity contribution in [3.05, 3.63) is 35.4 Å². The van der Waals surface area contributed by atoms with Gasteiger partial charge in [-0.25, -0.2) is 0 Å². The molecule has 1 unspecified atom stereocenters. The van der Waals surface area contributed by atoms with Crippen LogP contribution >= 0.6 is 0 Å². The fourth-order valence-corrected chi connectivity index (χ4v) is 2.97. The van der Waals surface area contributed by atoms with Gasteiger partial charge in [0.1, 0.15) is 5.60 Å². The van der Waals surface area contributed by atoms with Crippen LogP contribution in [0.2, 0.25) is 0 Å². The second kappa shape index (κ2) is 7.34. The molecule has 132 valence electrons. The van der Waals surface area contributed by atoms with E-state index in [1.807, 2.05) is 45.0 Å². The van der Waals surface area contributed by atoms with Crippen LogP contribution in [0.15, 0.2) is 24.3 Å². The van der Waals surface area contributed by atoms with E-state index in [-0.39, 0.29) is 24.8 Å². The zero-order valence-corrected chi connectivity index (χ0v) is 14.8. The average Bonchev–Trinajstić information content (AvgIpc) is 2.52. The van der Waals surface area contributed by atoms with Crippen molar-refractivity contribution in [3.8, 4) is 0 Å². The van der Waals surface area contributed by atoms with Gasteiger partial charge in [0.15, 0.2) is 0 Å². The molecule has 3 N–H and O–H groups in total. The Morgan fingerprint density at radius 2 is 1.92 bits per heavy atom. The molecule has 2 amide bonds. The van der Waals surface area contributed by atoms with Crippen molar-refractivity contribution in [2.24, 2.45) is 5.41 Å². The quantitative estimate of drug-likeness (QED) is 0.770. The van der Waals surface area contributed by atoms with Crippen molar-refractivity contribution in [2.45, 2.75) is 52.1 Å². The smallest absolute Gasteiger partial charge is 0.225 e. The Labute approximate surface area is 143 Å². The third-order valence-electron chi connectivity index (χ3n) is 4.45. The van der Waals surface area contributed by atoms with Gasteiger partial charge in [-0.1, -0.05) is 45.0 Å². The van der Waals surface area contributed by atoms with Crippen LogP contribution in [-0.4, -0.2) is 30.0 Å². The van der Waals surface area contributed by atoms with Gasteiger partial charge in [-0.15, -0.1) is 0 Å². The van der Waals surface area contributed by atoms with E-state index in [4.69, 9.17) is 0 Å². The minimum absolute atomic E-state index is 0.0739. The molecule has 0 saturated carbocycles. The number of aryl methyl sites for hydroxylation is 1. The first kappa shape index (κ1) is 18.5. The topological polar surface area (TPSA) is 78.4 Å². The zero-order chi connectivity index (χ0) is 17.8. The van der Waals surface area contributed by atoms with Crippen molar-refractivity contribution >= 4 is 11.8 Å². The molecule has 0 heterocycles. The molecule has 0 bridgehead atoms. The lowest BCUT2D eigenvalue weighted by molar-refractivity contribution is -0.128. The third kappa shape index (κ3) is 4.57. The summed E-state index contributed by atoms with van der Waals surface area (Å²) in [5.74, 6) is -0.240. The van der Waals surface area contributed by atoms with Gasteiger partial charge in [-0.2, -0.15) is 0 Å². The normalized spacial score (nSPS) is 20.2. The SMILES string of the molecule is CC(C)(C)C(=O)NCCC(=O)NCC1(O)CCCc2ccccc21. The van der Waals surface area contributed by atoms with Crippen molar-refractivity contribution in [1.82, 2.24) is 10.6 Å². The molecule has 0 spiro atoms. The molecule has 0 aromatic heterocycles. The van der Waals surface area contributed by atoms with E-state index < -0.39 is 11.0 Å². The minimum Gasteiger partial charge on any atom is -0.383 e. The highest BCUT2D eigenvalue weighted by molar-refractivity contribution is 5.82. The van der Waals surface area contributed by atoms with Gasteiger partial charge >= 0.3 is 0 Å². The van der Waals surface area contributed by atoms with E-state index in [2.05, 4.69) is 10.6 Å². The van der Waals surface area contributed by atoms with Crippen LogP contribution in [0.4, 0.5) is 0 Å². The number of carbonyl (C=O) groups excluding carboxylic acids is 2. The number of rotatable bonds is 5. The maximum Gasteiger partial charge on any atom is 0.225 e. The van der Waals surface area contributed by atoms with Gasteiger partial charge in [-0.3, -0.25) is 9.59 Å². The van der Waals surface area contributed by atoms with Crippen LogP contribution in [0.3, 0.4) is 0 Å². The highest BCUT2D eigenvalue weighted by Crippen LogP contribution is 2.34. The Morgan fingerprint density at radius 3 is 2.62 bits per heavy atom. The summed E-state index contributed by atoms with van der Waals surface area (Å²) in [7, 11) is 0. The molecule has 5 heteroatoms. The highest BCUT2D eigenvalue weighted by Gasteiger charge is 2.34. The van der Waals surface area contributed by atoms with Gasteiger partial charge in [0.2, 0.25) is 11.8 Å². The van der Waals surface area contributed by atoms with E-state index in [0.29, 0.717) is 13.0 Å². The molecule has 1 aliphatic rings. The van der Waals surface area contributed by atoms with Crippen LogP contribution in [0, 0.1) is 5.41 Å². The average molecular weight is 332 g/mol. The fraction of sp³-hybridized carbons (Fsp3) is 0.579. The largest absolute Gasteiger partial charge is 0.383 e. The molecule has 1 aromatic rings. The number of carbonyl (C=O) groups is 2. The predicted octanol–water partition coefficient (Wildman–Crippen LogP) is 1.88. The van der Waals surface area contributed by atoms with Gasteiger partial charge in [-0.05, 0) is 30.4 Å². The predicted molar refractivity (Wildman–Crippen MR) is 93.4 cm³/mol. The number of hydrogen-bond donors (Lipinski definition) is 3. The number of fused-ring (bicyclic) bond motifs is 1. The van der Waals surface area contributed by atoms with E-state index in [9.17, 15) is 14.7 Å². The van der Waals surface area contributed by atoms with Crippen molar-refractivity contribution in [1.29, 1.82) is 0 Å². The summed E-state index contributed by atoms with van der Waals surface area (Å²) in [6.07, 6.45) is 2.72. The summed E-state index contributed by atoms with van der Waals surface area (Å²) < 4.78 is 0.